The van der Waals surface area contributed by atoms with Gasteiger partial charge in [0.05, 0.1) is 6.61 Å². The maximum absolute atomic E-state index is 9.60. The van der Waals surface area contributed by atoms with Crippen LogP contribution in [0.5, 0.6) is 0 Å². The summed E-state index contributed by atoms with van der Waals surface area (Å²) >= 11 is 1.83. The van der Waals surface area contributed by atoms with Crippen molar-refractivity contribution in [1.82, 2.24) is 5.32 Å². The van der Waals surface area contributed by atoms with Gasteiger partial charge in [-0.3, -0.25) is 0 Å². The van der Waals surface area contributed by atoms with E-state index in [0.29, 0.717) is 0 Å². The zero-order valence-electron chi connectivity index (χ0n) is 12.4. The normalized spacial score (nSPS) is 14.2. The Kier molecular flexibility index (Phi) is 5.35. The Labute approximate surface area is 125 Å². The molecule has 0 bridgehead atoms. The van der Waals surface area contributed by atoms with Crippen molar-refractivity contribution in [2.24, 2.45) is 0 Å². The molecule has 2 atom stereocenters. The highest BCUT2D eigenvalue weighted by molar-refractivity contribution is 7.12. The van der Waals surface area contributed by atoms with Crippen LogP contribution in [0.1, 0.15) is 33.8 Å². The smallest absolute Gasteiger partial charge is 0.0588 e. The molecule has 2 aromatic rings. The van der Waals surface area contributed by atoms with Crippen LogP contribution in [0.3, 0.4) is 0 Å². The third kappa shape index (κ3) is 3.92. The molecular formula is C17H23NOS. The predicted octanol–water partition coefficient (Wildman–Crippen LogP) is 3.62. The van der Waals surface area contributed by atoms with Crippen molar-refractivity contribution in [2.45, 2.75) is 39.3 Å². The van der Waals surface area contributed by atoms with Crippen molar-refractivity contribution in [1.29, 1.82) is 0 Å². The Balaban J connectivity index is 2.01. The fourth-order valence-corrected chi connectivity index (χ4v) is 3.62. The fraction of sp³-hybridized carbons (Fsp3) is 0.412. The van der Waals surface area contributed by atoms with Gasteiger partial charge in [0, 0.05) is 21.8 Å². The Morgan fingerprint density at radius 3 is 2.45 bits per heavy atom. The molecule has 1 heterocycles. The lowest BCUT2D eigenvalue weighted by Gasteiger charge is -2.22. The third-order valence-electron chi connectivity index (χ3n) is 3.58. The quantitative estimate of drug-likeness (QED) is 0.851. The Morgan fingerprint density at radius 1 is 1.20 bits per heavy atom. The molecular weight excluding hydrogens is 266 g/mol. The summed E-state index contributed by atoms with van der Waals surface area (Å²) in [7, 11) is 0. The molecule has 3 heteroatoms. The second-order valence-corrected chi connectivity index (χ2v) is 6.79. The Hall–Kier alpha value is -1.16. The molecule has 0 radical (unpaired) electrons. The van der Waals surface area contributed by atoms with Gasteiger partial charge in [-0.15, -0.1) is 11.3 Å². The number of aliphatic hydroxyl groups excluding tert-OH is 1. The number of aryl methyl sites for hydroxylation is 2. The standard InChI is InChI=1S/C17H23NOS/c1-12-9-17(14(3)20-12)13(2)18-16(11-19)10-15-7-5-4-6-8-15/h4-9,13,16,18-19H,10-11H2,1-3H3. The van der Waals surface area contributed by atoms with Crippen molar-refractivity contribution in [3.63, 3.8) is 0 Å². The van der Waals surface area contributed by atoms with Gasteiger partial charge >= 0.3 is 0 Å². The molecule has 2 rings (SSSR count). The summed E-state index contributed by atoms with van der Waals surface area (Å²) in [5, 5.41) is 13.1. The molecule has 20 heavy (non-hydrogen) atoms. The molecule has 0 aliphatic carbocycles. The highest BCUT2D eigenvalue weighted by Gasteiger charge is 2.16. The average Bonchev–Trinajstić information content (AvgIpc) is 2.78. The highest BCUT2D eigenvalue weighted by Crippen LogP contribution is 2.26. The molecule has 0 spiro atoms. The molecule has 0 saturated heterocycles. The summed E-state index contributed by atoms with van der Waals surface area (Å²) in [5.41, 5.74) is 2.60. The van der Waals surface area contributed by atoms with Gasteiger partial charge in [0.25, 0.3) is 0 Å². The highest BCUT2D eigenvalue weighted by atomic mass is 32.1. The first-order valence-electron chi connectivity index (χ1n) is 7.08. The minimum Gasteiger partial charge on any atom is -0.395 e. The minimum absolute atomic E-state index is 0.0898. The van der Waals surface area contributed by atoms with E-state index in [0.717, 1.165) is 6.42 Å². The van der Waals surface area contributed by atoms with Gasteiger partial charge in [0.2, 0.25) is 0 Å². The van der Waals surface area contributed by atoms with E-state index in [4.69, 9.17) is 0 Å². The van der Waals surface area contributed by atoms with E-state index in [-0.39, 0.29) is 18.7 Å². The van der Waals surface area contributed by atoms with Crippen LogP contribution in [0.25, 0.3) is 0 Å². The number of hydrogen-bond acceptors (Lipinski definition) is 3. The largest absolute Gasteiger partial charge is 0.395 e. The van der Waals surface area contributed by atoms with Crippen molar-refractivity contribution in [3.05, 3.63) is 57.3 Å². The van der Waals surface area contributed by atoms with Crippen molar-refractivity contribution >= 4 is 11.3 Å². The van der Waals surface area contributed by atoms with Crippen LogP contribution in [-0.4, -0.2) is 17.8 Å². The molecule has 108 valence electrons. The van der Waals surface area contributed by atoms with E-state index in [2.05, 4.69) is 44.3 Å². The van der Waals surface area contributed by atoms with Gasteiger partial charge in [0.1, 0.15) is 0 Å². The zero-order chi connectivity index (χ0) is 14.5. The summed E-state index contributed by atoms with van der Waals surface area (Å²) in [5.74, 6) is 0. The number of aliphatic hydroxyl groups is 1. The van der Waals surface area contributed by atoms with Crippen LogP contribution in [0, 0.1) is 13.8 Å². The van der Waals surface area contributed by atoms with E-state index < -0.39 is 0 Å². The summed E-state index contributed by atoms with van der Waals surface area (Å²) in [6.07, 6.45) is 0.851. The van der Waals surface area contributed by atoms with Gasteiger partial charge in [-0.1, -0.05) is 30.3 Å². The average molecular weight is 289 g/mol. The van der Waals surface area contributed by atoms with E-state index in [1.54, 1.807) is 0 Å². The van der Waals surface area contributed by atoms with E-state index in [9.17, 15) is 5.11 Å². The first-order valence-corrected chi connectivity index (χ1v) is 7.89. The Bertz CT molecular complexity index is 535. The number of hydrogen-bond donors (Lipinski definition) is 2. The molecule has 0 amide bonds. The van der Waals surface area contributed by atoms with Crippen LogP contribution < -0.4 is 5.32 Å². The maximum Gasteiger partial charge on any atom is 0.0588 e. The van der Waals surface area contributed by atoms with Gasteiger partial charge < -0.3 is 10.4 Å². The predicted molar refractivity (Wildman–Crippen MR) is 86.4 cm³/mol. The first-order chi connectivity index (χ1) is 9.60. The molecule has 0 fully saturated rings. The molecule has 1 aromatic carbocycles. The third-order valence-corrected chi connectivity index (χ3v) is 4.56. The second kappa shape index (κ2) is 7.02. The van der Waals surface area contributed by atoms with Crippen LogP contribution in [0.15, 0.2) is 36.4 Å². The number of nitrogens with one attached hydrogen (secondary N) is 1. The van der Waals surface area contributed by atoms with Crippen LogP contribution in [0.2, 0.25) is 0 Å². The maximum atomic E-state index is 9.60. The molecule has 0 aliphatic heterocycles. The van der Waals surface area contributed by atoms with Crippen LogP contribution in [-0.2, 0) is 6.42 Å². The van der Waals surface area contributed by atoms with Gasteiger partial charge in [-0.05, 0) is 44.4 Å². The zero-order valence-corrected chi connectivity index (χ0v) is 13.2. The summed E-state index contributed by atoms with van der Waals surface area (Å²) in [4.78, 5) is 2.70. The number of thiophene rings is 1. The van der Waals surface area contributed by atoms with Crippen LogP contribution in [0.4, 0.5) is 0 Å². The molecule has 0 aliphatic rings. The summed E-state index contributed by atoms with van der Waals surface area (Å²) < 4.78 is 0. The van der Waals surface area contributed by atoms with Crippen molar-refractivity contribution < 1.29 is 5.11 Å². The molecule has 2 nitrogen and oxygen atoms in total. The lowest BCUT2D eigenvalue weighted by Crippen LogP contribution is -2.36. The molecule has 0 saturated carbocycles. The summed E-state index contributed by atoms with van der Waals surface area (Å²) in [6.45, 7) is 6.63. The monoisotopic (exact) mass is 289 g/mol. The van der Waals surface area contributed by atoms with Gasteiger partial charge in [-0.2, -0.15) is 0 Å². The van der Waals surface area contributed by atoms with Gasteiger partial charge in [0.15, 0.2) is 0 Å². The van der Waals surface area contributed by atoms with E-state index in [1.165, 1.54) is 20.9 Å². The lowest BCUT2D eigenvalue weighted by molar-refractivity contribution is 0.232. The lowest BCUT2D eigenvalue weighted by atomic mass is 10.0. The van der Waals surface area contributed by atoms with Crippen molar-refractivity contribution in [2.75, 3.05) is 6.61 Å². The topological polar surface area (TPSA) is 32.3 Å². The SMILES string of the molecule is Cc1cc(C(C)NC(CO)Cc2ccccc2)c(C)s1. The number of rotatable bonds is 6. The van der Waals surface area contributed by atoms with Gasteiger partial charge in [-0.25, -0.2) is 0 Å². The minimum atomic E-state index is 0.0898. The second-order valence-electron chi connectivity index (χ2n) is 5.33. The van der Waals surface area contributed by atoms with E-state index >= 15 is 0 Å². The van der Waals surface area contributed by atoms with Crippen molar-refractivity contribution in [3.8, 4) is 0 Å². The van der Waals surface area contributed by atoms with E-state index in [1.807, 2.05) is 29.5 Å². The first kappa shape index (κ1) is 15.2. The molecule has 2 unspecified atom stereocenters. The molecule has 2 N–H and O–H groups in total. The fourth-order valence-electron chi connectivity index (χ4n) is 2.60. The van der Waals surface area contributed by atoms with Crippen LogP contribution >= 0.6 is 11.3 Å². The number of benzene rings is 1. The Morgan fingerprint density at radius 2 is 1.90 bits per heavy atom. The molecule has 1 aromatic heterocycles. The summed E-state index contributed by atoms with van der Waals surface area (Å²) in [6, 6.07) is 12.9.